The number of carbonyl (C=O) groups is 1. The number of hydrogen-bond acceptors (Lipinski definition) is 4. The summed E-state index contributed by atoms with van der Waals surface area (Å²) in [6.07, 6.45) is -0.941. The van der Waals surface area contributed by atoms with Gasteiger partial charge in [-0.05, 0) is 47.4 Å². The molecule has 1 unspecified atom stereocenters. The molecule has 8 heteroatoms. The monoisotopic (exact) mass is 454 g/mol. The average molecular weight is 454 g/mol. The molecule has 0 radical (unpaired) electrons. The van der Waals surface area contributed by atoms with E-state index in [1.165, 1.54) is 12.1 Å². The summed E-state index contributed by atoms with van der Waals surface area (Å²) in [5.74, 6) is 0.851. The molecule has 0 aliphatic carbocycles. The van der Waals surface area contributed by atoms with Crippen molar-refractivity contribution in [2.45, 2.75) is 26.1 Å². The zero-order valence-electron chi connectivity index (χ0n) is 18.5. The molecule has 33 heavy (non-hydrogen) atoms. The number of alkyl halides is 3. The van der Waals surface area contributed by atoms with Crippen molar-refractivity contribution in [2.75, 3.05) is 24.5 Å². The SMILES string of the molecule is CC(C)C1CN(c2ncccn2)CCN1C(=O)c1ccc(-c2ccc(C(F)(F)F)cc2)cc1. The predicted molar refractivity (Wildman–Crippen MR) is 121 cm³/mol. The molecule has 5 nitrogen and oxygen atoms in total. The molecule has 0 N–H and O–H groups in total. The quantitative estimate of drug-likeness (QED) is 0.547. The van der Waals surface area contributed by atoms with E-state index in [4.69, 9.17) is 0 Å². The highest BCUT2D eigenvalue weighted by Crippen LogP contribution is 2.31. The summed E-state index contributed by atoms with van der Waals surface area (Å²) in [5.41, 5.74) is 1.30. The lowest BCUT2D eigenvalue weighted by Crippen LogP contribution is -2.57. The third kappa shape index (κ3) is 4.99. The number of hydrogen-bond donors (Lipinski definition) is 0. The van der Waals surface area contributed by atoms with Gasteiger partial charge in [0.15, 0.2) is 0 Å². The standard InChI is InChI=1S/C25H25F3N4O/c1-17(2)22-16-31(24-29-12-3-13-30-24)14-15-32(22)23(33)20-6-4-18(5-7-20)19-8-10-21(11-9-19)25(26,27)28/h3-13,17,22H,14-16H2,1-2H3. The number of aromatic nitrogens is 2. The summed E-state index contributed by atoms with van der Waals surface area (Å²) < 4.78 is 38.4. The van der Waals surface area contributed by atoms with Crippen molar-refractivity contribution < 1.29 is 18.0 Å². The second kappa shape index (κ2) is 9.21. The van der Waals surface area contributed by atoms with Crippen LogP contribution in [0.1, 0.15) is 29.8 Å². The van der Waals surface area contributed by atoms with E-state index in [2.05, 4.69) is 28.7 Å². The van der Waals surface area contributed by atoms with E-state index < -0.39 is 11.7 Å². The highest BCUT2D eigenvalue weighted by atomic mass is 19.4. The molecule has 1 atom stereocenters. The lowest BCUT2D eigenvalue weighted by atomic mass is 9.97. The first kappa shape index (κ1) is 22.8. The van der Waals surface area contributed by atoms with Crippen LogP contribution in [-0.2, 0) is 6.18 Å². The molecule has 1 aliphatic heterocycles. The van der Waals surface area contributed by atoms with Crippen molar-refractivity contribution in [3.05, 3.63) is 78.1 Å². The largest absolute Gasteiger partial charge is 0.416 e. The number of carbonyl (C=O) groups excluding carboxylic acids is 1. The minimum Gasteiger partial charge on any atom is -0.337 e. The smallest absolute Gasteiger partial charge is 0.337 e. The molecule has 1 fully saturated rings. The van der Waals surface area contributed by atoms with E-state index in [1.807, 2.05) is 4.90 Å². The highest BCUT2D eigenvalue weighted by Gasteiger charge is 2.34. The molecule has 1 aliphatic rings. The van der Waals surface area contributed by atoms with Crippen molar-refractivity contribution in [1.82, 2.24) is 14.9 Å². The van der Waals surface area contributed by atoms with Crippen LogP contribution in [0.5, 0.6) is 0 Å². The Morgan fingerprint density at radius 2 is 1.52 bits per heavy atom. The number of benzene rings is 2. The Bertz CT molecular complexity index is 1080. The maximum absolute atomic E-state index is 13.3. The fraction of sp³-hybridized carbons (Fsp3) is 0.320. The van der Waals surface area contributed by atoms with Gasteiger partial charge in [-0.3, -0.25) is 4.79 Å². The summed E-state index contributed by atoms with van der Waals surface area (Å²) in [6, 6.07) is 13.8. The Labute approximate surface area is 190 Å². The van der Waals surface area contributed by atoms with Crippen LogP contribution in [0.2, 0.25) is 0 Å². The Balaban J connectivity index is 1.49. The summed E-state index contributed by atoms with van der Waals surface area (Å²) in [4.78, 5) is 26.0. The van der Waals surface area contributed by atoms with E-state index in [9.17, 15) is 18.0 Å². The zero-order valence-corrected chi connectivity index (χ0v) is 18.5. The molecule has 1 aromatic heterocycles. The van der Waals surface area contributed by atoms with Gasteiger partial charge in [0.05, 0.1) is 11.6 Å². The molecule has 0 saturated carbocycles. The minimum atomic E-state index is -4.36. The molecular formula is C25H25F3N4O. The highest BCUT2D eigenvalue weighted by molar-refractivity contribution is 5.95. The zero-order chi connectivity index (χ0) is 23.6. The van der Waals surface area contributed by atoms with Gasteiger partial charge in [0.2, 0.25) is 5.95 Å². The van der Waals surface area contributed by atoms with Gasteiger partial charge in [-0.2, -0.15) is 13.2 Å². The third-order valence-corrected chi connectivity index (χ3v) is 5.96. The van der Waals surface area contributed by atoms with E-state index in [-0.39, 0.29) is 17.9 Å². The molecule has 2 heterocycles. The van der Waals surface area contributed by atoms with E-state index in [1.54, 1.807) is 42.7 Å². The molecule has 1 saturated heterocycles. The van der Waals surface area contributed by atoms with Gasteiger partial charge in [0.25, 0.3) is 5.91 Å². The molecule has 0 bridgehead atoms. The van der Waals surface area contributed by atoms with Crippen molar-refractivity contribution >= 4 is 11.9 Å². The predicted octanol–water partition coefficient (Wildman–Crippen LogP) is 5.15. The van der Waals surface area contributed by atoms with Crippen molar-refractivity contribution in [2.24, 2.45) is 5.92 Å². The molecule has 1 amide bonds. The first-order valence-corrected chi connectivity index (χ1v) is 10.8. The molecule has 0 spiro atoms. The number of piperazine rings is 1. The molecule has 4 rings (SSSR count). The number of nitrogens with zero attached hydrogens (tertiary/aromatic N) is 4. The van der Waals surface area contributed by atoms with Crippen molar-refractivity contribution in [3.63, 3.8) is 0 Å². The summed E-state index contributed by atoms with van der Waals surface area (Å²) in [7, 11) is 0. The Kier molecular flexibility index (Phi) is 6.35. The number of anilines is 1. The van der Waals surface area contributed by atoms with Crippen LogP contribution in [0.15, 0.2) is 67.0 Å². The summed E-state index contributed by atoms with van der Waals surface area (Å²) in [6.45, 7) is 6.03. The van der Waals surface area contributed by atoms with E-state index in [0.29, 0.717) is 36.7 Å². The summed E-state index contributed by atoms with van der Waals surface area (Å²) in [5, 5.41) is 0. The Hall–Kier alpha value is -3.42. The van der Waals surface area contributed by atoms with Crippen LogP contribution in [0.25, 0.3) is 11.1 Å². The van der Waals surface area contributed by atoms with Crippen LogP contribution in [0, 0.1) is 5.92 Å². The van der Waals surface area contributed by atoms with Crippen molar-refractivity contribution in [3.8, 4) is 11.1 Å². The van der Waals surface area contributed by atoms with Crippen LogP contribution in [0.4, 0.5) is 19.1 Å². The molecule has 2 aromatic carbocycles. The number of rotatable bonds is 4. The minimum absolute atomic E-state index is 0.00430. The maximum Gasteiger partial charge on any atom is 0.416 e. The number of halogens is 3. The normalized spacial score (nSPS) is 16.8. The fourth-order valence-electron chi connectivity index (χ4n) is 4.09. The number of amides is 1. The van der Waals surface area contributed by atoms with E-state index >= 15 is 0 Å². The van der Waals surface area contributed by atoms with Crippen molar-refractivity contribution in [1.29, 1.82) is 0 Å². The Morgan fingerprint density at radius 1 is 0.939 bits per heavy atom. The van der Waals surface area contributed by atoms with Gasteiger partial charge in [0.1, 0.15) is 0 Å². The van der Waals surface area contributed by atoms with Gasteiger partial charge < -0.3 is 9.80 Å². The van der Waals surface area contributed by atoms with Gasteiger partial charge in [0, 0.05) is 37.6 Å². The first-order chi connectivity index (χ1) is 15.7. The first-order valence-electron chi connectivity index (χ1n) is 10.8. The maximum atomic E-state index is 13.3. The summed E-state index contributed by atoms with van der Waals surface area (Å²) >= 11 is 0. The van der Waals surface area contributed by atoms with Crippen LogP contribution in [-0.4, -0.2) is 46.5 Å². The van der Waals surface area contributed by atoms with E-state index in [0.717, 1.165) is 17.7 Å². The van der Waals surface area contributed by atoms with Crippen LogP contribution in [0.3, 0.4) is 0 Å². The fourth-order valence-corrected chi connectivity index (χ4v) is 4.09. The van der Waals surface area contributed by atoms with Gasteiger partial charge in [-0.15, -0.1) is 0 Å². The third-order valence-electron chi connectivity index (χ3n) is 5.96. The topological polar surface area (TPSA) is 49.3 Å². The van der Waals surface area contributed by atoms with Gasteiger partial charge in [-0.25, -0.2) is 9.97 Å². The molecular weight excluding hydrogens is 429 g/mol. The van der Waals surface area contributed by atoms with Gasteiger partial charge in [-0.1, -0.05) is 38.1 Å². The van der Waals surface area contributed by atoms with Crippen LogP contribution >= 0.6 is 0 Å². The van der Waals surface area contributed by atoms with Crippen LogP contribution < -0.4 is 4.90 Å². The Morgan fingerprint density at radius 3 is 2.06 bits per heavy atom. The average Bonchev–Trinajstić information content (AvgIpc) is 2.83. The lowest BCUT2D eigenvalue weighted by Gasteiger charge is -2.43. The van der Waals surface area contributed by atoms with Gasteiger partial charge >= 0.3 is 6.18 Å². The second-order valence-corrected chi connectivity index (χ2v) is 8.46. The second-order valence-electron chi connectivity index (χ2n) is 8.46. The lowest BCUT2D eigenvalue weighted by molar-refractivity contribution is -0.137. The molecule has 172 valence electrons. The molecule has 3 aromatic rings.